The van der Waals surface area contributed by atoms with Gasteiger partial charge in [0.1, 0.15) is 12.4 Å². The highest BCUT2D eigenvalue weighted by atomic mass is 35.5. The SMILES string of the molecule is CC1CCC(COc2ccc(C#CCCl)cc2)O1. The highest BCUT2D eigenvalue weighted by molar-refractivity contribution is 6.19. The molecule has 3 heteroatoms. The van der Waals surface area contributed by atoms with Crippen molar-refractivity contribution < 1.29 is 9.47 Å². The van der Waals surface area contributed by atoms with Crippen molar-refractivity contribution >= 4 is 11.6 Å². The third-order valence-electron chi connectivity index (χ3n) is 2.91. The lowest BCUT2D eigenvalue weighted by molar-refractivity contribution is 0.0264. The first-order chi connectivity index (χ1) is 8.78. The number of hydrogen-bond acceptors (Lipinski definition) is 2. The Morgan fingerprint density at radius 1 is 1.33 bits per heavy atom. The lowest BCUT2D eigenvalue weighted by Crippen LogP contribution is -2.17. The largest absolute Gasteiger partial charge is 0.491 e. The minimum atomic E-state index is 0.232. The van der Waals surface area contributed by atoms with Crippen LogP contribution in [0.15, 0.2) is 24.3 Å². The van der Waals surface area contributed by atoms with Crippen molar-refractivity contribution in [1.29, 1.82) is 0 Å². The predicted molar refractivity (Wildman–Crippen MR) is 73.1 cm³/mol. The first kappa shape index (κ1) is 13.3. The molecule has 0 aliphatic carbocycles. The zero-order valence-electron chi connectivity index (χ0n) is 10.5. The molecule has 2 nitrogen and oxygen atoms in total. The van der Waals surface area contributed by atoms with Crippen LogP contribution < -0.4 is 4.74 Å². The molecule has 0 aromatic heterocycles. The van der Waals surface area contributed by atoms with Crippen LogP contribution in [0.4, 0.5) is 0 Å². The molecule has 2 unspecified atom stereocenters. The molecule has 1 heterocycles. The zero-order valence-corrected chi connectivity index (χ0v) is 11.2. The summed E-state index contributed by atoms with van der Waals surface area (Å²) in [5.74, 6) is 7.00. The standard InChI is InChI=1S/C15H17ClO2/c1-12-4-7-15(18-12)11-17-14-8-5-13(6-9-14)3-2-10-16/h5-6,8-9,12,15H,4,7,10-11H2,1H3. The maximum atomic E-state index is 5.70. The molecule has 96 valence electrons. The Bertz CT molecular complexity index is 430. The van der Waals surface area contributed by atoms with Gasteiger partial charge in [0.2, 0.25) is 0 Å². The molecule has 0 spiro atoms. The number of alkyl halides is 1. The van der Waals surface area contributed by atoms with Gasteiger partial charge in [0.15, 0.2) is 0 Å². The van der Waals surface area contributed by atoms with Gasteiger partial charge in [-0.2, -0.15) is 0 Å². The zero-order chi connectivity index (χ0) is 12.8. The van der Waals surface area contributed by atoms with E-state index in [1.54, 1.807) is 0 Å². The second-order valence-electron chi connectivity index (χ2n) is 4.42. The van der Waals surface area contributed by atoms with E-state index < -0.39 is 0 Å². The van der Waals surface area contributed by atoms with Crippen molar-refractivity contribution in [3.8, 4) is 17.6 Å². The molecule has 0 N–H and O–H groups in total. The number of rotatable bonds is 3. The van der Waals surface area contributed by atoms with Crippen LogP contribution in [0, 0.1) is 11.8 Å². The summed E-state index contributed by atoms with van der Waals surface area (Å²) in [5, 5.41) is 0. The van der Waals surface area contributed by atoms with Crippen molar-refractivity contribution in [3.63, 3.8) is 0 Å². The smallest absolute Gasteiger partial charge is 0.119 e. The number of ether oxygens (including phenoxy) is 2. The van der Waals surface area contributed by atoms with Gasteiger partial charge in [-0.1, -0.05) is 11.8 Å². The molecular formula is C15H17ClO2. The van der Waals surface area contributed by atoms with E-state index in [1.165, 1.54) is 0 Å². The summed E-state index contributed by atoms with van der Waals surface area (Å²) in [7, 11) is 0. The van der Waals surface area contributed by atoms with Gasteiger partial charge in [-0.3, -0.25) is 0 Å². The molecule has 1 aromatic carbocycles. The quantitative estimate of drug-likeness (QED) is 0.616. The molecule has 1 saturated heterocycles. The van der Waals surface area contributed by atoms with Gasteiger partial charge < -0.3 is 9.47 Å². The van der Waals surface area contributed by atoms with Crippen LogP contribution in [0.5, 0.6) is 5.75 Å². The molecule has 1 aliphatic heterocycles. The van der Waals surface area contributed by atoms with Crippen molar-refractivity contribution in [3.05, 3.63) is 29.8 Å². The van der Waals surface area contributed by atoms with Crippen LogP contribution >= 0.6 is 11.6 Å². The molecule has 0 bridgehead atoms. The summed E-state index contributed by atoms with van der Waals surface area (Å²) in [6, 6.07) is 7.73. The number of benzene rings is 1. The maximum Gasteiger partial charge on any atom is 0.119 e. The van der Waals surface area contributed by atoms with E-state index in [9.17, 15) is 0 Å². The Balaban J connectivity index is 1.83. The van der Waals surface area contributed by atoms with Gasteiger partial charge in [0.25, 0.3) is 0 Å². The fraction of sp³-hybridized carbons (Fsp3) is 0.467. The van der Waals surface area contributed by atoms with E-state index in [4.69, 9.17) is 21.1 Å². The summed E-state index contributed by atoms with van der Waals surface area (Å²) in [5.41, 5.74) is 0.953. The minimum absolute atomic E-state index is 0.232. The van der Waals surface area contributed by atoms with E-state index >= 15 is 0 Å². The van der Waals surface area contributed by atoms with Gasteiger partial charge in [-0.25, -0.2) is 0 Å². The summed E-state index contributed by atoms with van der Waals surface area (Å²) in [6.45, 7) is 2.72. The molecule has 2 atom stereocenters. The van der Waals surface area contributed by atoms with Crippen molar-refractivity contribution in [2.24, 2.45) is 0 Å². The topological polar surface area (TPSA) is 18.5 Å². The average Bonchev–Trinajstić information content (AvgIpc) is 2.81. The predicted octanol–water partition coefficient (Wildman–Crippen LogP) is 3.22. The monoisotopic (exact) mass is 264 g/mol. The average molecular weight is 265 g/mol. The normalized spacial score (nSPS) is 22.3. The Morgan fingerprint density at radius 3 is 2.72 bits per heavy atom. The first-order valence-electron chi connectivity index (χ1n) is 6.21. The number of hydrogen-bond donors (Lipinski definition) is 0. The van der Waals surface area contributed by atoms with Crippen molar-refractivity contribution in [1.82, 2.24) is 0 Å². The van der Waals surface area contributed by atoms with Crippen molar-refractivity contribution in [2.45, 2.75) is 32.0 Å². The Hall–Kier alpha value is -1.17. The van der Waals surface area contributed by atoms with Gasteiger partial charge in [0.05, 0.1) is 18.1 Å². The van der Waals surface area contributed by atoms with E-state index in [2.05, 4.69) is 18.8 Å². The first-order valence-corrected chi connectivity index (χ1v) is 6.74. The third kappa shape index (κ3) is 3.94. The van der Waals surface area contributed by atoms with Gasteiger partial charge >= 0.3 is 0 Å². The van der Waals surface area contributed by atoms with Gasteiger partial charge in [-0.15, -0.1) is 11.6 Å². The second kappa shape index (κ2) is 6.68. The molecule has 0 amide bonds. The molecule has 2 rings (SSSR count). The fourth-order valence-electron chi connectivity index (χ4n) is 1.97. The molecular weight excluding hydrogens is 248 g/mol. The lowest BCUT2D eigenvalue weighted by Gasteiger charge is -2.12. The van der Waals surface area contributed by atoms with E-state index in [0.717, 1.165) is 24.2 Å². The van der Waals surface area contributed by atoms with E-state index in [-0.39, 0.29) is 6.10 Å². The molecule has 0 radical (unpaired) electrons. The molecule has 18 heavy (non-hydrogen) atoms. The molecule has 1 aliphatic rings. The van der Waals surface area contributed by atoms with Gasteiger partial charge in [-0.05, 0) is 44.0 Å². The summed E-state index contributed by atoms with van der Waals surface area (Å²) >= 11 is 5.50. The van der Waals surface area contributed by atoms with Crippen LogP contribution in [0.1, 0.15) is 25.3 Å². The Kier molecular flexibility index (Phi) is 4.92. The molecule has 0 saturated carbocycles. The molecule has 1 fully saturated rings. The van der Waals surface area contributed by atoms with Crippen LogP contribution in [-0.2, 0) is 4.74 Å². The van der Waals surface area contributed by atoms with Crippen LogP contribution in [0.2, 0.25) is 0 Å². The van der Waals surface area contributed by atoms with Crippen LogP contribution in [0.25, 0.3) is 0 Å². The fourth-order valence-corrected chi connectivity index (χ4v) is 2.03. The lowest BCUT2D eigenvalue weighted by atomic mass is 10.2. The second-order valence-corrected chi connectivity index (χ2v) is 4.68. The summed E-state index contributed by atoms with van der Waals surface area (Å²) in [6.07, 6.45) is 2.81. The van der Waals surface area contributed by atoms with Gasteiger partial charge in [0, 0.05) is 5.56 Å². The Labute approximate surface area is 113 Å². The van der Waals surface area contributed by atoms with E-state index in [0.29, 0.717) is 18.6 Å². The summed E-state index contributed by atoms with van der Waals surface area (Å²) in [4.78, 5) is 0. The summed E-state index contributed by atoms with van der Waals surface area (Å²) < 4.78 is 11.4. The highest BCUT2D eigenvalue weighted by Gasteiger charge is 2.21. The van der Waals surface area contributed by atoms with E-state index in [1.807, 2.05) is 24.3 Å². The number of halogens is 1. The maximum absolute atomic E-state index is 5.70. The third-order valence-corrected chi connectivity index (χ3v) is 3.04. The van der Waals surface area contributed by atoms with Crippen molar-refractivity contribution in [2.75, 3.05) is 12.5 Å². The Morgan fingerprint density at radius 2 is 2.11 bits per heavy atom. The van der Waals surface area contributed by atoms with Crippen LogP contribution in [-0.4, -0.2) is 24.7 Å². The molecule has 1 aromatic rings. The minimum Gasteiger partial charge on any atom is -0.491 e. The highest BCUT2D eigenvalue weighted by Crippen LogP contribution is 2.20. The van der Waals surface area contributed by atoms with Crippen LogP contribution in [0.3, 0.4) is 0 Å².